The average Bonchev–Trinajstić information content (AvgIpc) is 2.64. The predicted octanol–water partition coefficient (Wildman–Crippen LogP) is 2.93. The van der Waals surface area contributed by atoms with Crippen LogP contribution in [0.4, 0.5) is 4.39 Å². The van der Waals surface area contributed by atoms with E-state index in [1.54, 1.807) is 23.6 Å². The first-order valence-electron chi connectivity index (χ1n) is 4.99. The summed E-state index contributed by atoms with van der Waals surface area (Å²) in [5.74, 6) is 0.530. The van der Waals surface area contributed by atoms with Gasteiger partial charge in [0.2, 0.25) is 5.28 Å². The van der Waals surface area contributed by atoms with Gasteiger partial charge < -0.3 is 0 Å². The van der Waals surface area contributed by atoms with Crippen molar-refractivity contribution in [3.63, 3.8) is 0 Å². The van der Waals surface area contributed by atoms with Gasteiger partial charge in [-0.3, -0.25) is 4.57 Å². The zero-order chi connectivity index (χ0) is 11.7. The van der Waals surface area contributed by atoms with Crippen LogP contribution >= 0.6 is 11.6 Å². The lowest BCUT2D eigenvalue weighted by Gasteiger charge is -2.07. The summed E-state index contributed by atoms with van der Waals surface area (Å²) in [5, 5.41) is 8.04. The van der Waals surface area contributed by atoms with E-state index in [2.05, 4.69) is 10.2 Å². The summed E-state index contributed by atoms with van der Waals surface area (Å²) in [7, 11) is 0. The van der Waals surface area contributed by atoms with Crippen LogP contribution in [-0.4, -0.2) is 14.8 Å². The molecule has 1 aromatic heterocycles. The average molecular weight is 240 g/mol. The van der Waals surface area contributed by atoms with E-state index in [1.807, 2.05) is 6.92 Å². The molecule has 0 saturated carbocycles. The number of hydrogen-bond acceptors (Lipinski definition) is 2. The monoisotopic (exact) mass is 239 g/mol. The summed E-state index contributed by atoms with van der Waals surface area (Å²) < 4.78 is 14.9. The van der Waals surface area contributed by atoms with Crippen LogP contribution in [0, 0.1) is 12.7 Å². The van der Waals surface area contributed by atoms with E-state index in [4.69, 9.17) is 11.6 Å². The van der Waals surface area contributed by atoms with Crippen molar-refractivity contribution < 1.29 is 4.39 Å². The van der Waals surface area contributed by atoms with Crippen molar-refractivity contribution in [3.8, 4) is 5.69 Å². The molecule has 0 unspecified atom stereocenters. The van der Waals surface area contributed by atoms with Gasteiger partial charge in [-0.1, -0.05) is 6.92 Å². The lowest BCUT2D eigenvalue weighted by molar-refractivity contribution is 0.618. The van der Waals surface area contributed by atoms with Crippen molar-refractivity contribution in [2.75, 3.05) is 0 Å². The standard InChI is InChI=1S/C11H11ClFN3/c1-3-10-14-15-11(12)16(10)8-4-5-9(13)7(2)6-8/h4-6H,3H2,1-2H3. The van der Waals surface area contributed by atoms with Crippen LogP contribution < -0.4 is 0 Å². The van der Waals surface area contributed by atoms with Crippen molar-refractivity contribution in [2.24, 2.45) is 0 Å². The molecule has 0 aliphatic rings. The minimum Gasteiger partial charge on any atom is -0.270 e. The van der Waals surface area contributed by atoms with E-state index in [1.165, 1.54) is 6.07 Å². The molecular weight excluding hydrogens is 229 g/mol. The van der Waals surface area contributed by atoms with Crippen molar-refractivity contribution in [3.05, 3.63) is 40.7 Å². The maximum atomic E-state index is 13.1. The fourth-order valence-corrected chi connectivity index (χ4v) is 1.78. The van der Waals surface area contributed by atoms with Crippen molar-refractivity contribution >= 4 is 11.6 Å². The number of aryl methyl sites for hydroxylation is 2. The Morgan fingerprint density at radius 2 is 2.12 bits per heavy atom. The minimum atomic E-state index is -0.231. The number of benzene rings is 1. The van der Waals surface area contributed by atoms with Gasteiger partial charge >= 0.3 is 0 Å². The quantitative estimate of drug-likeness (QED) is 0.807. The fourth-order valence-electron chi connectivity index (χ4n) is 1.55. The Kier molecular flexibility index (Phi) is 2.92. The SMILES string of the molecule is CCc1nnc(Cl)n1-c1ccc(F)c(C)c1. The van der Waals surface area contributed by atoms with Gasteiger partial charge in [0.1, 0.15) is 11.6 Å². The first-order valence-corrected chi connectivity index (χ1v) is 5.37. The van der Waals surface area contributed by atoms with Gasteiger partial charge in [0.25, 0.3) is 0 Å². The molecule has 0 bridgehead atoms. The van der Waals surface area contributed by atoms with Gasteiger partial charge in [-0.05, 0) is 42.3 Å². The third-order valence-corrected chi connectivity index (χ3v) is 2.65. The highest BCUT2D eigenvalue weighted by atomic mass is 35.5. The van der Waals surface area contributed by atoms with Crippen LogP contribution in [0.2, 0.25) is 5.28 Å². The highest BCUT2D eigenvalue weighted by molar-refractivity contribution is 6.28. The lowest BCUT2D eigenvalue weighted by Crippen LogP contribution is -2.01. The normalized spacial score (nSPS) is 10.8. The third kappa shape index (κ3) is 1.80. The molecule has 5 heteroatoms. The first kappa shape index (κ1) is 11.1. The predicted molar refractivity (Wildman–Crippen MR) is 60.4 cm³/mol. The summed E-state index contributed by atoms with van der Waals surface area (Å²) >= 11 is 5.95. The van der Waals surface area contributed by atoms with Crippen LogP contribution in [0.1, 0.15) is 18.3 Å². The zero-order valence-electron chi connectivity index (χ0n) is 9.04. The maximum absolute atomic E-state index is 13.1. The molecule has 0 radical (unpaired) electrons. The molecule has 0 saturated heterocycles. The van der Waals surface area contributed by atoms with Crippen LogP contribution in [0.3, 0.4) is 0 Å². The van der Waals surface area contributed by atoms with Crippen LogP contribution in [0.5, 0.6) is 0 Å². The number of nitrogens with zero attached hydrogens (tertiary/aromatic N) is 3. The number of aromatic nitrogens is 3. The molecule has 16 heavy (non-hydrogen) atoms. The largest absolute Gasteiger partial charge is 0.270 e. The van der Waals surface area contributed by atoms with Crippen molar-refractivity contribution in [1.29, 1.82) is 0 Å². The Bertz CT molecular complexity index is 522. The second-order valence-electron chi connectivity index (χ2n) is 3.51. The van der Waals surface area contributed by atoms with Gasteiger partial charge in [0.15, 0.2) is 0 Å². The molecule has 0 aliphatic carbocycles. The van der Waals surface area contributed by atoms with Gasteiger partial charge in [-0.25, -0.2) is 4.39 Å². The topological polar surface area (TPSA) is 30.7 Å². The van der Waals surface area contributed by atoms with Crippen LogP contribution in [0.25, 0.3) is 5.69 Å². The second kappa shape index (κ2) is 4.22. The molecule has 3 nitrogen and oxygen atoms in total. The van der Waals surface area contributed by atoms with E-state index in [-0.39, 0.29) is 5.82 Å². The lowest BCUT2D eigenvalue weighted by atomic mass is 10.2. The Balaban J connectivity index is 2.57. The molecule has 0 atom stereocenters. The Morgan fingerprint density at radius 1 is 1.38 bits per heavy atom. The first-order chi connectivity index (χ1) is 7.63. The van der Waals surface area contributed by atoms with Gasteiger partial charge in [-0.15, -0.1) is 10.2 Å². The summed E-state index contributed by atoms with van der Waals surface area (Å²) in [6.07, 6.45) is 0.718. The van der Waals surface area contributed by atoms with E-state index in [0.29, 0.717) is 10.8 Å². The fraction of sp³-hybridized carbons (Fsp3) is 0.273. The molecule has 1 heterocycles. The third-order valence-electron chi connectivity index (χ3n) is 2.41. The molecule has 0 amide bonds. The molecule has 84 valence electrons. The van der Waals surface area contributed by atoms with Crippen molar-refractivity contribution in [2.45, 2.75) is 20.3 Å². The molecule has 0 spiro atoms. The van der Waals surface area contributed by atoms with Crippen LogP contribution in [-0.2, 0) is 6.42 Å². The molecule has 0 aliphatic heterocycles. The Labute approximate surface area is 97.9 Å². The summed E-state index contributed by atoms with van der Waals surface area (Å²) in [4.78, 5) is 0. The molecule has 0 fully saturated rings. The maximum Gasteiger partial charge on any atom is 0.229 e. The molecule has 2 rings (SSSR count). The summed E-state index contributed by atoms with van der Waals surface area (Å²) in [6, 6.07) is 4.81. The van der Waals surface area contributed by atoms with Gasteiger partial charge in [0, 0.05) is 6.42 Å². The van der Waals surface area contributed by atoms with Crippen LogP contribution in [0.15, 0.2) is 18.2 Å². The Morgan fingerprint density at radius 3 is 2.75 bits per heavy atom. The van der Waals surface area contributed by atoms with E-state index in [9.17, 15) is 4.39 Å². The molecular formula is C11H11ClFN3. The van der Waals surface area contributed by atoms with Gasteiger partial charge in [0.05, 0.1) is 5.69 Å². The molecule has 2 aromatic rings. The van der Waals surface area contributed by atoms with E-state index in [0.717, 1.165) is 17.9 Å². The van der Waals surface area contributed by atoms with Gasteiger partial charge in [-0.2, -0.15) is 0 Å². The Hall–Kier alpha value is -1.42. The zero-order valence-corrected chi connectivity index (χ0v) is 9.79. The number of halogens is 2. The highest BCUT2D eigenvalue weighted by Crippen LogP contribution is 2.19. The second-order valence-corrected chi connectivity index (χ2v) is 3.85. The smallest absolute Gasteiger partial charge is 0.229 e. The summed E-state index contributed by atoms with van der Waals surface area (Å²) in [5.41, 5.74) is 1.36. The number of hydrogen-bond donors (Lipinski definition) is 0. The number of rotatable bonds is 2. The van der Waals surface area contributed by atoms with Crippen molar-refractivity contribution in [1.82, 2.24) is 14.8 Å². The highest BCUT2D eigenvalue weighted by Gasteiger charge is 2.11. The minimum absolute atomic E-state index is 0.231. The van der Waals surface area contributed by atoms with E-state index < -0.39 is 0 Å². The summed E-state index contributed by atoms with van der Waals surface area (Å²) in [6.45, 7) is 3.68. The van der Waals surface area contributed by atoms with E-state index >= 15 is 0 Å². The molecule has 0 N–H and O–H groups in total. The molecule has 1 aromatic carbocycles.